The summed E-state index contributed by atoms with van der Waals surface area (Å²) in [5, 5.41) is 22.9. The number of nitrogens with zero attached hydrogens (tertiary/aromatic N) is 2. The fourth-order valence-corrected chi connectivity index (χ4v) is 4.21. The summed E-state index contributed by atoms with van der Waals surface area (Å²) >= 11 is 0.710. The van der Waals surface area contributed by atoms with Gasteiger partial charge in [0.05, 0.1) is 29.0 Å². The molecule has 0 aliphatic carbocycles. The molecule has 1 heterocycles. The van der Waals surface area contributed by atoms with Crippen molar-refractivity contribution in [1.29, 1.82) is 0 Å². The lowest BCUT2D eigenvalue weighted by atomic mass is 10.1. The Balaban J connectivity index is 1.65. The van der Waals surface area contributed by atoms with Crippen LogP contribution in [0.4, 0.5) is 10.5 Å². The molecule has 1 aliphatic heterocycles. The lowest BCUT2D eigenvalue weighted by molar-refractivity contribution is -0.386. The van der Waals surface area contributed by atoms with E-state index in [1.807, 2.05) is 42.5 Å². The SMILES string of the molecule is COc1c(O)ccc(/C=C2\SC(=O)N(Cc3ccc4ccccc4c3)C2=O)c1[N+](=O)[O-]. The molecule has 0 spiro atoms. The van der Waals surface area contributed by atoms with Crippen LogP contribution in [0.3, 0.4) is 0 Å². The van der Waals surface area contributed by atoms with E-state index in [0.29, 0.717) is 11.8 Å². The van der Waals surface area contributed by atoms with Gasteiger partial charge in [-0.1, -0.05) is 36.4 Å². The molecule has 0 unspecified atom stereocenters. The molecule has 0 radical (unpaired) electrons. The van der Waals surface area contributed by atoms with Crippen molar-refractivity contribution >= 4 is 45.4 Å². The summed E-state index contributed by atoms with van der Waals surface area (Å²) in [7, 11) is 1.20. The summed E-state index contributed by atoms with van der Waals surface area (Å²) in [5.74, 6) is -1.24. The van der Waals surface area contributed by atoms with Crippen molar-refractivity contribution in [2.75, 3.05) is 7.11 Å². The average Bonchev–Trinajstić information content (AvgIpc) is 3.01. The number of ether oxygens (including phenoxy) is 1. The third-order valence-electron chi connectivity index (χ3n) is 4.84. The van der Waals surface area contributed by atoms with Crippen LogP contribution in [0.2, 0.25) is 0 Å². The Labute approximate surface area is 180 Å². The molecule has 156 valence electrons. The maximum absolute atomic E-state index is 12.9. The van der Waals surface area contributed by atoms with E-state index >= 15 is 0 Å². The van der Waals surface area contributed by atoms with Crippen LogP contribution in [0.5, 0.6) is 11.5 Å². The predicted octanol–water partition coefficient (Wildman–Crippen LogP) is 4.70. The molecular weight excluding hydrogens is 420 g/mol. The summed E-state index contributed by atoms with van der Waals surface area (Å²) in [6.45, 7) is 0.0911. The van der Waals surface area contributed by atoms with Gasteiger partial charge in [-0.05, 0) is 52.4 Å². The van der Waals surface area contributed by atoms with Crippen LogP contribution in [0, 0.1) is 10.1 Å². The monoisotopic (exact) mass is 436 g/mol. The van der Waals surface area contributed by atoms with Crippen LogP contribution in [-0.4, -0.2) is 33.2 Å². The van der Waals surface area contributed by atoms with Crippen molar-refractivity contribution < 1.29 is 24.4 Å². The van der Waals surface area contributed by atoms with Crippen LogP contribution in [0.1, 0.15) is 11.1 Å². The Morgan fingerprint density at radius 3 is 2.58 bits per heavy atom. The summed E-state index contributed by atoms with van der Waals surface area (Å²) < 4.78 is 4.94. The summed E-state index contributed by atoms with van der Waals surface area (Å²) in [6, 6.07) is 16.0. The first-order valence-electron chi connectivity index (χ1n) is 9.16. The number of benzene rings is 3. The Morgan fingerprint density at radius 1 is 1.13 bits per heavy atom. The van der Waals surface area contributed by atoms with Crippen LogP contribution in [0.15, 0.2) is 59.5 Å². The molecule has 0 aromatic heterocycles. The average molecular weight is 436 g/mol. The lowest BCUT2D eigenvalue weighted by Crippen LogP contribution is -2.27. The van der Waals surface area contributed by atoms with E-state index in [0.717, 1.165) is 21.2 Å². The molecule has 0 atom stereocenters. The molecule has 3 aromatic carbocycles. The number of thioether (sulfide) groups is 1. The molecule has 1 aliphatic rings. The van der Waals surface area contributed by atoms with Gasteiger partial charge < -0.3 is 9.84 Å². The van der Waals surface area contributed by atoms with Crippen molar-refractivity contribution in [2.24, 2.45) is 0 Å². The number of rotatable bonds is 5. The van der Waals surface area contributed by atoms with Gasteiger partial charge in [0, 0.05) is 0 Å². The third-order valence-corrected chi connectivity index (χ3v) is 5.75. The quantitative estimate of drug-likeness (QED) is 0.351. The van der Waals surface area contributed by atoms with Crippen molar-refractivity contribution in [3.8, 4) is 11.5 Å². The van der Waals surface area contributed by atoms with Gasteiger partial charge in [0.1, 0.15) is 0 Å². The lowest BCUT2D eigenvalue weighted by Gasteiger charge is -2.13. The Kier molecular flexibility index (Phi) is 5.35. The number of aromatic hydroxyl groups is 1. The van der Waals surface area contributed by atoms with Crippen LogP contribution in [-0.2, 0) is 11.3 Å². The Bertz CT molecular complexity index is 1270. The highest BCUT2D eigenvalue weighted by molar-refractivity contribution is 8.18. The first-order valence-corrected chi connectivity index (χ1v) is 9.98. The molecule has 0 saturated carbocycles. The highest BCUT2D eigenvalue weighted by Gasteiger charge is 2.36. The van der Waals surface area contributed by atoms with Gasteiger partial charge >= 0.3 is 5.69 Å². The summed E-state index contributed by atoms with van der Waals surface area (Å²) in [6.07, 6.45) is 1.27. The van der Waals surface area contributed by atoms with Gasteiger partial charge in [-0.15, -0.1) is 0 Å². The third kappa shape index (κ3) is 3.82. The molecule has 1 saturated heterocycles. The molecular formula is C22H16N2O6S. The van der Waals surface area contributed by atoms with Crippen molar-refractivity contribution in [3.05, 3.63) is 80.7 Å². The standard InChI is InChI=1S/C22H16N2O6S/c1-30-20-17(25)9-8-16(19(20)24(28)29)11-18-21(26)23(22(27)31-18)12-13-6-7-14-4-2-3-5-15(14)10-13/h2-11,25H,12H2,1H3/b18-11-. The van der Waals surface area contributed by atoms with Gasteiger partial charge in [-0.3, -0.25) is 24.6 Å². The zero-order valence-electron chi connectivity index (χ0n) is 16.3. The first kappa shape index (κ1) is 20.4. The van der Waals surface area contributed by atoms with Gasteiger partial charge in [0.25, 0.3) is 11.1 Å². The van der Waals surface area contributed by atoms with E-state index in [9.17, 15) is 24.8 Å². The summed E-state index contributed by atoms with van der Waals surface area (Å²) in [5.41, 5.74) is 0.360. The highest BCUT2D eigenvalue weighted by Crippen LogP contribution is 2.41. The number of nitro benzene ring substituents is 1. The number of carbonyl (C=O) groups excluding carboxylic acids is 2. The number of imide groups is 1. The fourth-order valence-electron chi connectivity index (χ4n) is 3.38. The van der Waals surface area contributed by atoms with E-state index in [4.69, 9.17) is 4.74 Å². The number of carbonyl (C=O) groups is 2. The number of nitro groups is 1. The molecule has 8 nitrogen and oxygen atoms in total. The first-order chi connectivity index (χ1) is 14.9. The maximum atomic E-state index is 12.9. The highest BCUT2D eigenvalue weighted by atomic mass is 32.2. The molecule has 3 aromatic rings. The molecule has 9 heteroatoms. The number of hydrogen-bond acceptors (Lipinski definition) is 7. The van der Waals surface area contributed by atoms with Crippen LogP contribution < -0.4 is 4.74 Å². The second kappa shape index (κ2) is 8.11. The molecule has 0 bridgehead atoms. The van der Waals surface area contributed by atoms with Crippen LogP contribution in [0.25, 0.3) is 16.8 Å². The predicted molar refractivity (Wildman–Crippen MR) is 117 cm³/mol. The van der Waals surface area contributed by atoms with E-state index < -0.39 is 27.5 Å². The zero-order chi connectivity index (χ0) is 22.1. The number of fused-ring (bicyclic) bond motifs is 1. The number of hydrogen-bond donors (Lipinski definition) is 1. The van der Waals surface area contributed by atoms with E-state index in [-0.39, 0.29) is 22.8 Å². The van der Waals surface area contributed by atoms with Crippen molar-refractivity contribution in [1.82, 2.24) is 4.90 Å². The molecule has 1 N–H and O–H groups in total. The largest absolute Gasteiger partial charge is 0.504 e. The molecule has 1 fully saturated rings. The van der Waals surface area contributed by atoms with E-state index in [1.165, 1.54) is 25.3 Å². The smallest absolute Gasteiger partial charge is 0.322 e. The van der Waals surface area contributed by atoms with Gasteiger partial charge in [0.15, 0.2) is 5.75 Å². The Hall–Kier alpha value is -3.85. The number of phenolic OH excluding ortho intramolecular Hbond substituents is 1. The second-order valence-electron chi connectivity index (χ2n) is 6.76. The number of phenols is 1. The minimum absolute atomic E-state index is 0.0517. The molecule has 4 rings (SSSR count). The van der Waals surface area contributed by atoms with E-state index in [2.05, 4.69) is 0 Å². The zero-order valence-corrected chi connectivity index (χ0v) is 17.1. The topological polar surface area (TPSA) is 110 Å². The van der Waals surface area contributed by atoms with E-state index in [1.54, 1.807) is 0 Å². The van der Waals surface area contributed by atoms with Crippen LogP contribution >= 0.6 is 11.8 Å². The minimum Gasteiger partial charge on any atom is -0.504 e. The molecule has 2 amide bonds. The number of methoxy groups -OCH3 is 1. The molecule has 31 heavy (non-hydrogen) atoms. The number of amides is 2. The Morgan fingerprint density at radius 2 is 1.87 bits per heavy atom. The van der Waals surface area contributed by atoms with Crippen molar-refractivity contribution in [3.63, 3.8) is 0 Å². The second-order valence-corrected chi connectivity index (χ2v) is 7.76. The van der Waals surface area contributed by atoms with Gasteiger partial charge in [-0.2, -0.15) is 0 Å². The van der Waals surface area contributed by atoms with Gasteiger partial charge in [0.2, 0.25) is 5.75 Å². The van der Waals surface area contributed by atoms with Gasteiger partial charge in [-0.25, -0.2) is 0 Å². The fraction of sp³-hybridized carbons (Fsp3) is 0.0909. The minimum atomic E-state index is -0.705. The normalized spacial score (nSPS) is 15.1. The maximum Gasteiger partial charge on any atom is 0.322 e. The summed E-state index contributed by atoms with van der Waals surface area (Å²) in [4.78, 5) is 37.3. The van der Waals surface area contributed by atoms with Crippen molar-refractivity contribution in [2.45, 2.75) is 6.54 Å².